The molecule has 0 aromatic rings. The Morgan fingerprint density at radius 2 is 2.40 bits per heavy atom. The summed E-state index contributed by atoms with van der Waals surface area (Å²) in [5.41, 5.74) is -0.247. The van der Waals surface area contributed by atoms with Gasteiger partial charge in [0.1, 0.15) is 11.6 Å². The van der Waals surface area contributed by atoms with Crippen LogP contribution >= 0.6 is 23.2 Å². The average Bonchev–Trinajstić information content (AvgIpc) is 1.88. The van der Waals surface area contributed by atoms with Crippen molar-refractivity contribution in [2.75, 3.05) is 6.54 Å². The van der Waals surface area contributed by atoms with E-state index < -0.39 is 5.50 Å². The summed E-state index contributed by atoms with van der Waals surface area (Å²) in [5, 5.41) is 8.46. The van der Waals surface area contributed by atoms with Crippen molar-refractivity contribution in [2.24, 2.45) is 9.98 Å². The molecule has 5 heteroatoms. The van der Waals surface area contributed by atoms with Crippen molar-refractivity contribution in [2.45, 2.75) is 5.50 Å². The first-order valence-corrected chi connectivity index (χ1v) is 3.38. The van der Waals surface area contributed by atoms with E-state index in [1.54, 1.807) is 6.07 Å². The molecule has 0 radical (unpaired) electrons. The summed E-state index contributed by atoms with van der Waals surface area (Å²) in [6.45, 7) is 0.334. The predicted molar refractivity (Wildman–Crippen MR) is 40.8 cm³/mol. The van der Waals surface area contributed by atoms with Crippen LogP contribution in [0.25, 0.3) is 0 Å². The van der Waals surface area contributed by atoms with Gasteiger partial charge in [-0.25, -0.2) is 4.99 Å². The van der Waals surface area contributed by atoms with Crippen LogP contribution in [0.3, 0.4) is 0 Å². The van der Waals surface area contributed by atoms with Crippen LogP contribution in [0.15, 0.2) is 9.98 Å². The van der Waals surface area contributed by atoms with Gasteiger partial charge in [-0.1, -0.05) is 23.2 Å². The number of alkyl halides is 1. The Balaban J connectivity index is 2.84. The van der Waals surface area contributed by atoms with Gasteiger partial charge in [0.25, 0.3) is 0 Å². The molecule has 0 aliphatic carbocycles. The third-order valence-corrected chi connectivity index (χ3v) is 1.47. The number of nitrogens with zero attached hydrogens (tertiary/aromatic N) is 3. The zero-order chi connectivity index (χ0) is 7.56. The van der Waals surface area contributed by atoms with E-state index in [9.17, 15) is 0 Å². The maximum atomic E-state index is 8.36. The number of halogens is 2. The molecule has 52 valence electrons. The highest BCUT2D eigenvalue weighted by molar-refractivity contribution is 6.86. The van der Waals surface area contributed by atoms with Gasteiger partial charge in [0.05, 0.1) is 6.54 Å². The standard InChI is InChI=1S/C5H3Cl2N3/c6-4-2-9-3(1-8)5(7)10-4/h4H,2H2. The topological polar surface area (TPSA) is 48.5 Å². The summed E-state index contributed by atoms with van der Waals surface area (Å²) in [6.07, 6.45) is 0. The first-order valence-electron chi connectivity index (χ1n) is 2.56. The molecule has 1 aliphatic rings. The van der Waals surface area contributed by atoms with E-state index in [0.29, 0.717) is 6.54 Å². The summed E-state index contributed by atoms with van der Waals surface area (Å²) in [6, 6.07) is 1.80. The SMILES string of the molecule is N#CC1=NCC(Cl)N=C1Cl. The number of rotatable bonds is 0. The van der Waals surface area contributed by atoms with Crippen LogP contribution in [0.1, 0.15) is 0 Å². The molecule has 1 rings (SSSR count). The molecule has 3 nitrogen and oxygen atoms in total. The van der Waals surface area contributed by atoms with Gasteiger partial charge in [0.15, 0.2) is 10.9 Å². The molecule has 0 aromatic heterocycles. The summed E-state index contributed by atoms with van der Waals surface area (Å²) >= 11 is 11.0. The predicted octanol–water partition coefficient (Wildman–Crippen LogP) is 1.17. The fourth-order valence-electron chi connectivity index (χ4n) is 0.538. The Morgan fingerprint density at radius 3 is 2.90 bits per heavy atom. The van der Waals surface area contributed by atoms with Crippen molar-refractivity contribution in [3.05, 3.63) is 0 Å². The van der Waals surface area contributed by atoms with E-state index in [0.717, 1.165) is 0 Å². The summed E-state index contributed by atoms with van der Waals surface area (Å²) < 4.78 is 0. The average molecular weight is 176 g/mol. The monoisotopic (exact) mass is 175 g/mol. The highest BCUT2D eigenvalue weighted by Gasteiger charge is 2.13. The zero-order valence-electron chi connectivity index (χ0n) is 4.88. The lowest BCUT2D eigenvalue weighted by Gasteiger charge is -2.06. The van der Waals surface area contributed by atoms with Gasteiger partial charge < -0.3 is 0 Å². The fraction of sp³-hybridized carbons (Fsp3) is 0.400. The van der Waals surface area contributed by atoms with Crippen LogP contribution in [-0.2, 0) is 0 Å². The minimum atomic E-state index is -0.412. The molecule has 0 saturated heterocycles. The summed E-state index contributed by atoms with van der Waals surface area (Å²) in [5.74, 6) is 0. The molecule has 0 saturated carbocycles. The molecule has 1 unspecified atom stereocenters. The zero-order valence-corrected chi connectivity index (χ0v) is 6.39. The van der Waals surface area contributed by atoms with Crippen LogP contribution < -0.4 is 0 Å². The van der Waals surface area contributed by atoms with Crippen molar-refractivity contribution in [1.82, 2.24) is 0 Å². The van der Waals surface area contributed by atoms with E-state index in [1.807, 2.05) is 0 Å². The van der Waals surface area contributed by atoms with Gasteiger partial charge in [0, 0.05) is 0 Å². The Bertz CT molecular complexity index is 238. The Labute approximate surface area is 68.0 Å². The minimum Gasteiger partial charge on any atom is -0.268 e. The molecular formula is C5H3Cl2N3. The molecule has 0 spiro atoms. The number of nitriles is 1. The van der Waals surface area contributed by atoms with Crippen LogP contribution in [0, 0.1) is 11.3 Å². The summed E-state index contributed by atoms with van der Waals surface area (Å²) in [4.78, 5) is 7.50. The van der Waals surface area contributed by atoms with Gasteiger partial charge in [-0.2, -0.15) is 5.26 Å². The van der Waals surface area contributed by atoms with Crippen LogP contribution in [0.5, 0.6) is 0 Å². The van der Waals surface area contributed by atoms with E-state index >= 15 is 0 Å². The van der Waals surface area contributed by atoms with Gasteiger partial charge in [-0.05, 0) is 0 Å². The molecule has 0 N–H and O–H groups in total. The van der Waals surface area contributed by atoms with E-state index in [4.69, 9.17) is 28.5 Å². The lowest BCUT2D eigenvalue weighted by molar-refractivity contribution is 0.897. The van der Waals surface area contributed by atoms with Gasteiger partial charge in [-0.15, -0.1) is 0 Å². The van der Waals surface area contributed by atoms with Crippen LogP contribution in [0.2, 0.25) is 0 Å². The van der Waals surface area contributed by atoms with E-state index in [1.165, 1.54) is 0 Å². The maximum Gasteiger partial charge on any atom is 0.172 e. The van der Waals surface area contributed by atoms with E-state index in [2.05, 4.69) is 9.98 Å². The number of hydrogen-bond donors (Lipinski definition) is 0. The van der Waals surface area contributed by atoms with Crippen molar-refractivity contribution >= 4 is 34.1 Å². The number of hydrogen-bond acceptors (Lipinski definition) is 3. The summed E-state index contributed by atoms with van der Waals surface area (Å²) in [7, 11) is 0. The van der Waals surface area contributed by atoms with Crippen molar-refractivity contribution in [3.8, 4) is 6.07 Å². The Hall–Kier alpha value is -0.590. The Morgan fingerprint density at radius 1 is 1.70 bits per heavy atom. The molecule has 1 heterocycles. The molecular weight excluding hydrogens is 173 g/mol. The lowest BCUT2D eigenvalue weighted by Crippen LogP contribution is -2.17. The Kier molecular flexibility index (Phi) is 2.25. The molecule has 10 heavy (non-hydrogen) atoms. The maximum absolute atomic E-state index is 8.36. The quantitative estimate of drug-likeness (QED) is 0.403. The smallest absolute Gasteiger partial charge is 0.172 e. The van der Waals surface area contributed by atoms with E-state index in [-0.39, 0.29) is 10.9 Å². The van der Waals surface area contributed by atoms with Crippen LogP contribution in [-0.4, -0.2) is 22.9 Å². The second kappa shape index (κ2) is 3.00. The van der Waals surface area contributed by atoms with Crippen LogP contribution in [0.4, 0.5) is 0 Å². The van der Waals surface area contributed by atoms with Crippen molar-refractivity contribution in [1.29, 1.82) is 5.26 Å². The normalized spacial score (nSPS) is 24.7. The van der Waals surface area contributed by atoms with Gasteiger partial charge in [-0.3, -0.25) is 4.99 Å². The van der Waals surface area contributed by atoms with Gasteiger partial charge >= 0.3 is 0 Å². The highest BCUT2D eigenvalue weighted by atomic mass is 35.5. The first kappa shape index (κ1) is 7.52. The fourth-order valence-corrected chi connectivity index (χ4v) is 0.975. The first-order chi connectivity index (χ1) is 4.74. The molecule has 0 amide bonds. The van der Waals surface area contributed by atoms with Crippen molar-refractivity contribution in [3.63, 3.8) is 0 Å². The third-order valence-electron chi connectivity index (χ3n) is 0.955. The molecule has 1 atom stereocenters. The molecule has 0 bridgehead atoms. The highest BCUT2D eigenvalue weighted by Crippen LogP contribution is 2.07. The number of aliphatic imine (C=N–C) groups is 2. The third kappa shape index (κ3) is 1.47. The second-order valence-corrected chi connectivity index (χ2v) is 2.52. The van der Waals surface area contributed by atoms with Gasteiger partial charge in [0.2, 0.25) is 0 Å². The lowest BCUT2D eigenvalue weighted by atomic mass is 10.4. The van der Waals surface area contributed by atoms with Crippen molar-refractivity contribution < 1.29 is 0 Å². The largest absolute Gasteiger partial charge is 0.268 e. The second-order valence-electron chi connectivity index (χ2n) is 1.66. The minimum absolute atomic E-state index is 0.105. The molecule has 0 fully saturated rings. The molecule has 1 aliphatic heterocycles. The molecule has 0 aromatic carbocycles.